The van der Waals surface area contributed by atoms with E-state index in [9.17, 15) is 0 Å². The Morgan fingerprint density at radius 1 is 0.650 bits per heavy atom. The molecule has 0 aromatic rings. The van der Waals surface area contributed by atoms with Gasteiger partial charge >= 0.3 is 17.1 Å². The molecule has 20 heavy (non-hydrogen) atoms. The molecule has 122 valence electrons. The first-order valence-electron chi connectivity index (χ1n) is 7.29. The van der Waals surface area contributed by atoms with Crippen molar-refractivity contribution in [3.05, 3.63) is 13.2 Å². The highest BCUT2D eigenvalue weighted by atomic mass is 28.5. The Bertz CT molecular complexity index is 284. The molecule has 0 aliphatic carbocycles. The zero-order chi connectivity index (χ0) is 16.8. The van der Waals surface area contributed by atoms with Crippen LogP contribution in [-0.4, -0.2) is 33.8 Å². The van der Waals surface area contributed by atoms with Crippen molar-refractivity contribution in [1.29, 1.82) is 0 Å². The van der Waals surface area contributed by atoms with Gasteiger partial charge in [-0.05, 0) is 65.0 Å². The number of rotatable bonds is 7. The molecule has 0 radical (unpaired) electrons. The molecule has 0 aromatic heterocycles. The Morgan fingerprint density at radius 3 is 1.25 bits per heavy atom. The van der Waals surface area contributed by atoms with Crippen LogP contribution in [0.25, 0.3) is 0 Å². The van der Waals surface area contributed by atoms with Crippen molar-refractivity contribution in [2.75, 3.05) is 0 Å². The van der Waals surface area contributed by atoms with Gasteiger partial charge in [0, 0.05) is 0 Å². The van der Waals surface area contributed by atoms with Crippen molar-refractivity contribution >= 4 is 33.8 Å². The van der Waals surface area contributed by atoms with E-state index in [2.05, 4.69) is 79.0 Å². The highest BCUT2D eigenvalue weighted by Crippen LogP contribution is 2.26. The van der Waals surface area contributed by atoms with Crippen molar-refractivity contribution in [3.63, 3.8) is 0 Å². The number of hydrogen-bond donors (Lipinski definition) is 0. The van der Waals surface area contributed by atoms with E-state index in [1.807, 2.05) is 0 Å². The van der Waals surface area contributed by atoms with Crippen LogP contribution in [0.3, 0.4) is 0 Å². The number of hydrogen-bond acceptors (Lipinski definition) is 3. The Balaban J connectivity index is 0. The first-order valence-corrected chi connectivity index (χ1v) is 19.4. The van der Waals surface area contributed by atoms with Crippen molar-refractivity contribution in [3.8, 4) is 0 Å². The molecule has 1 unspecified atom stereocenters. The highest BCUT2D eigenvalue weighted by molar-refractivity contribution is 6.89. The maximum Gasteiger partial charge on any atom is 0.315 e. The Labute approximate surface area is 131 Å². The second-order valence-corrected chi connectivity index (χ2v) is 24.1. The topological polar surface area (TPSA) is 27.7 Å². The molecule has 0 fully saturated rings. The molecule has 0 amide bonds. The maximum atomic E-state index is 6.43. The van der Waals surface area contributed by atoms with E-state index in [-0.39, 0.29) is 0 Å². The van der Waals surface area contributed by atoms with Gasteiger partial charge in [0.15, 0.2) is 16.6 Å². The molecular formula is C13H36O3Si4. The fraction of sp³-hybridized carbons (Fsp3) is 0.846. The van der Waals surface area contributed by atoms with E-state index in [0.717, 1.165) is 6.04 Å². The van der Waals surface area contributed by atoms with Crippen LogP contribution in [0.5, 0.6) is 0 Å². The van der Waals surface area contributed by atoms with E-state index in [0.29, 0.717) is 0 Å². The van der Waals surface area contributed by atoms with Crippen LogP contribution in [0.1, 0.15) is 6.92 Å². The predicted octanol–water partition coefficient (Wildman–Crippen LogP) is 5.30. The highest BCUT2D eigenvalue weighted by Gasteiger charge is 2.43. The van der Waals surface area contributed by atoms with Crippen LogP contribution in [-0.2, 0) is 12.3 Å². The second kappa shape index (κ2) is 8.21. The van der Waals surface area contributed by atoms with Crippen molar-refractivity contribution in [2.45, 2.75) is 71.9 Å². The van der Waals surface area contributed by atoms with Gasteiger partial charge in [-0.2, -0.15) is 0 Å². The van der Waals surface area contributed by atoms with Crippen LogP contribution in [0.2, 0.25) is 65.0 Å². The van der Waals surface area contributed by atoms with Gasteiger partial charge < -0.3 is 12.3 Å². The Hall–Kier alpha value is 0.488. The zero-order valence-electron chi connectivity index (χ0n) is 15.3. The normalized spacial score (nSPS) is 16.1. The summed E-state index contributed by atoms with van der Waals surface area (Å²) in [5, 5.41) is 0. The molecule has 1 atom stereocenters. The summed E-state index contributed by atoms with van der Waals surface area (Å²) in [7, 11) is -7.25. The predicted molar refractivity (Wildman–Crippen MR) is 101 cm³/mol. The quantitative estimate of drug-likeness (QED) is 0.459. The van der Waals surface area contributed by atoms with Gasteiger partial charge in [0.1, 0.15) is 0 Å². The molecule has 0 aromatic carbocycles. The lowest BCUT2D eigenvalue weighted by molar-refractivity contribution is 0.325. The lowest BCUT2D eigenvalue weighted by Crippen LogP contribution is -2.56. The summed E-state index contributed by atoms with van der Waals surface area (Å²) in [6.07, 6.45) is 0. The molecule has 0 N–H and O–H groups in total. The van der Waals surface area contributed by atoms with Crippen molar-refractivity contribution in [2.24, 2.45) is 0 Å². The molecule has 0 aliphatic rings. The van der Waals surface area contributed by atoms with E-state index in [4.69, 9.17) is 12.3 Å². The second-order valence-electron chi connectivity index (χ2n) is 7.42. The summed E-state index contributed by atoms with van der Waals surface area (Å²) in [5.74, 6) is 0. The minimum absolute atomic E-state index is 0.989. The van der Waals surface area contributed by atoms with Crippen LogP contribution >= 0.6 is 0 Å². The van der Waals surface area contributed by atoms with Crippen LogP contribution in [0.4, 0.5) is 0 Å². The molecule has 0 bridgehead atoms. The van der Waals surface area contributed by atoms with Gasteiger partial charge in [-0.15, -0.1) is 13.2 Å². The summed E-state index contributed by atoms with van der Waals surface area (Å²) in [4.78, 5) is 0. The monoisotopic (exact) mass is 352 g/mol. The van der Waals surface area contributed by atoms with Gasteiger partial charge in [-0.25, -0.2) is 0 Å². The third-order valence-electron chi connectivity index (χ3n) is 2.18. The van der Waals surface area contributed by atoms with Crippen LogP contribution < -0.4 is 0 Å². The van der Waals surface area contributed by atoms with Gasteiger partial charge in [-0.3, -0.25) is 0 Å². The minimum Gasteiger partial charge on any atom is -0.437 e. The Kier molecular flexibility index (Phi) is 9.34. The van der Waals surface area contributed by atoms with Gasteiger partial charge in [0.2, 0.25) is 0 Å². The average molecular weight is 353 g/mol. The molecule has 0 aliphatic heterocycles. The molecule has 0 saturated carbocycles. The van der Waals surface area contributed by atoms with Gasteiger partial charge in [-0.1, -0.05) is 6.92 Å². The smallest absolute Gasteiger partial charge is 0.315 e. The van der Waals surface area contributed by atoms with E-state index in [1.165, 1.54) is 0 Å². The van der Waals surface area contributed by atoms with Crippen LogP contribution in [0, 0.1) is 0 Å². The van der Waals surface area contributed by atoms with Crippen molar-refractivity contribution < 1.29 is 12.3 Å². The maximum absolute atomic E-state index is 6.43. The standard InChI is InChI=1S/C11H32O3Si4.C2H4/c1-11-18(10,13-16(5,6)7)14-17(8,9)12-15(2,3)4;1-2/h11H2,1-10H3;1-2H2. The zero-order valence-corrected chi connectivity index (χ0v) is 19.3. The molecule has 0 spiro atoms. The summed E-state index contributed by atoms with van der Waals surface area (Å²) in [6.45, 7) is 28.0. The minimum atomic E-state index is -2.07. The molecule has 3 nitrogen and oxygen atoms in total. The molecule has 0 rings (SSSR count). The van der Waals surface area contributed by atoms with Gasteiger partial charge in [0.25, 0.3) is 0 Å². The molecule has 7 heteroatoms. The largest absolute Gasteiger partial charge is 0.437 e. The fourth-order valence-electron chi connectivity index (χ4n) is 2.09. The summed E-state index contributed by atoms with van der Waals surface area (Å²) >= 11 is 0. The summed E-state index contributed by atoms with van der Waals surface area (Å²) in [5.41, 5.74) is 0. The van der Waals surface area contributed by atoms with Crippen LogP contribution in [0.15, 0.2) is 13.2 Å². The third-order valence-corrected chi connectivity index (χ3v) is 15.7. The van der Waals surface area contributed by atoms with E-state index < -0.39 is 33.8 Å². The summed E-state index contributed by atoms with van der Waals surface area (Å²) in [6, 6.07) is 0.989. The van der Waals surface area contributed by atoms with Gasteiger partial charge in [0.05, 0.1) is 0 Å². The lowest BCUT2D eigenvalue weighted by Gasteiger charge is -2.40. The van der Waals surface area contributed by atoms with E-state index >= 15 is 0 Å². The van der Waals surface area contributed by atoms with Crippen molar-refractivity contribution in [1.82, 2.24) is 0 Å². The third kappa shape index (κ3) is 12.2. The summed E-state index contributed by atoms with van der Waals surface area (Å²) < 4.78 is 19.0. The SMILES string of the molecule is C=C.CC[Si](C)(O[Si](C)(C)C)O[Si](C)(C)O[Si](C)(C)C. The fourth-order valence-corrected chi connectivity index (χ4v) is 19.6. The molecule has 0 saturated heterocycles. The first-order chi connectivity index (χ1) is 8.68. The molecule has 0 heterocycles. The Morgan fingerprint density at radius 2 is 1.00 bits per heavy atom. The average Bonchev–Trinajstić information content (AvgIpc) is 2.12. The lowest BCUT2D eigenvalue weighted by atomic mass is 11.0. The van der Waals surface area contributed by atoms with E-state index in [1.54, 1.807) is 0 Å². The first kappa shape index (κ1) is 22.8. The molecular weight excluding hydrogens is 316 g/mol.